The highest BCUT2D eigenvalue weighted by Crippen LogP contribution is 2.40. The van der Waals surface area contributed by atoms with Crippen molar-refractivity contribution in [2.75, 3.05) is 0 Å². The molecule has 0 radical (unpaired) electrons. The lowest BCUT2D eigenvalue weighted by Gasteiger charge is -2.35. The van der Waals surface area contributed by atoms with Crippen LogP contribution in [0.5, 0.6) is 0 Å². The van der Waals surface area contributed by atoms with Gasteiger partial charge in [0.2, 0.25) is 5.91 Å². The summed E-state index contributed by atoms with van der Waals surface area (Å²) in [6.07, 6.45) is 0.931. The Morgan fingerprint density at radius 3 is 2.19 bits per heavy atom. The molecule has 5 N–H and O–H groups in total. The van der Waals surface area contributed by atoms with Gasteiger partial charge in [0.05, 0.1) is 5.60 Å². The first-order valence-corrected chi connectivity index (χ1v) is 11.8. The van der Waals surface area contributed by atoms with Crippen molar-refractivity contribution < 1.29 is 23.1 Å². The lowest BCUT2D eigenvalue weighted by atomic mass is 9.70. The van der Waals surface area contributed by atoms with E-state index < -0.39 is 12.0 Å². The Labute approximate surface area is 191 Å². The van der Waals surface area contributed by atoms with Crippen molar-refractivity contribution in [3.05, 3.63) is 40.1 Å². The van der Waals surface area contributed by atoms with Gasteiger partial charge in [0.15, 0.2) is 0 Å². The number of rotatable bonds is 7. The van der Waals surface area contributed by atoms with Crippen molar-refractivity contribution in [3.63, 3.8) is 0 Å². The topological polar surface area (TPSA) is 89.3 Å². The van der Waals surface area contributed by atoms with Gasteiger partial charge in [-0.25, -0.2) is 13.2 Å². The lowest BCUT2D eigenvalue weighted by molar-refractivity contribution is -0.119. The van der Waals surface area contributed by atoms with Gasteiger partial charge in [-0.2, -0.15) is 0 Å². The molecule has 2 unspecified atom stereocenters. The molecule has 1 aromatic rings. The van der Waals surface area contributed by atoms with E-state index in [1.807, 2.05) is 27.7 Å². The molecule has 0 aromatic carbocycles. The van der Waals surface area contributed by atoms with Crippen molar-refractivity contribution >= 4 is 29.2 Å². The molecule has 4 nitrogen and oxygen atoms in total. The third-order valence-electron chi connectivity index (χ3n) is 5.09. The number of nitrogens with two attached hydrogens (primary N) is 2. The molecule has 0 aliphatic heterocycles. The second-order valence-corrected chi connectivity index (χ2v) is 10.7. The van der Waals surface area contributed by atoms with Gasteiger partial charge < -0.3 is 10.8 Å². The summed E-state index contributed by atoms with van der Waals surface area (Å²) in [6.45, 7) is 11.1. The number of aliphatic hydroxyl groups is 1. The molecule has 1 aliphatic carbocycles. The van der Waals surface area contributed by atoms with Crippen LogP contribution in [0.1, 0.15) is 52.8 Å². The SMILES string of the molecule is CC(C)(O)c1cc(F)c(SN)s1.CC(C)C1=CC(C(F)F)=CC(C(C)C)C1CC(N)=O. The van der Waals surface area contributed by atoms with Gasteiger partial charge in [-0.15, -0.1) is 11.3 Å². The molecule has 31 heavy (non-hydrogen) atoms. The summed E-state index contributed by atoms with van der Waals surface area (Å²) in [6, 6.07) is 1.32. The largest absolute Gasteiger partial charge is 0.385 e. The molecule has 9 heteroatoms. The number of primary amides is 1. The standard InChI is InChI=1S/C15H23F2NO.C7H10FNOS2/c1-8(2)11-5-10(15(16)17)6-12(9(3)4)13(11)7-14(18)19;1-7(2,10)5-3-4(8)6(11-5)12-9/h5-6,8-9,11,13,15H,7H2,1-4H3,(H2,18,19);3,10H,9H2,1-2H3. The van der Waals surface area contributed by atoms with Crippen LogP contribution >= 0.6 is 23.3 Å². The fourth-order valence-electron chi connectivity index (χ4n) is 3.50. The molecule has 0 fully saturated rings. The molecular weight excluding hydrogens is 445 g/mol. The third-order valence-corrected chi connectivity index (χ3v) is 7.25. The zero-order valence-electron chi connectivity index (χ0n) is 18.8. The highest BCUT2D eigenvalue weighted by atomic mass is 32.2. The van der Waals surface area contributed by atoms with Crippen LogP contribution in [0.3, 0.4) is 0 Å². The van der Waals surface area contributed by atoms with Gasteiger partial charge in [-0.3, -0.25) is 9.93 Å². The van der Waals surface area contributed by atoms with Crippen LogP contribution < -0.4 is 10.9 Å². The van der Waals surface area contributed by atoms with Crippen LogP contribution in [0, 0.1) is 29.5 Å². The van der Waals surface area contributed by atoms with Crippen LogP contribution in [0.15, 0.2) is 33.6 Å². The van der Waals surface area contributed by atoms with Gasteiger partial charge in [0, 0.05) is 16.9 Å². The number of hydrogen-bond donors (Lipinski definition) is 3. The minimum Gasteiger partial charge on any atom is -0.385 e. The van der Waals surface area contributed by atoms with E-state index >= 15 is 0 Å². The van der Waals surface area contributed by atoms with Crippen molar-refractivity contribution in [2.24, 2.45) is 34.5 Å². The van der Waals surface area contributed by atoms with Gasteiger partial charge in [0.25, 0.3) is 6.43 Å². The minimum absolute atomic E-state index is 0.0556. The number of hydrogen-bond acceptors (Lipinski definition) is 5. The average Bonchev–Trinajstić information content (AvgIpc) is 3.02. The van der Waals surface area contributed by atoms with E-state index in [0.717, 1.165) is 17.5 Å². The van der Waals surface area contributed by atoms with E-state index in [9.17, 15) is 23.1 Å². The van der Waals surface area contributed by atoms with Crippen LogP contribution in [0.4, 0.5) is 13.2 Å². The Balaban J connectivity index is 0.000000343. The third kappa shape index (κ3) is 7.97. The molecule has 1 amide bonds. The van der Waals surface area contributed by atoms with Gasteiger partial charge in [-0.05, 0) is 55.5 Å². The lowest BCUT2D eigenvalue weighted by Crippen LogP contribution is -2.30. The van der Waals surface area contributed by atoms with Gasteiger partial charge >= 0.3 is 0 Å². The van der Waals surface area contributed by atoms with E-state index in [0.29, 0.717) is 9.09 Å². The Kier molecular flexibility index (Phi) is 10.3. The quantitative estimate of drug-likeness (QED) is 0.444. The molecule has 1 aliphatic rings. The molecule has 0 saturated heterocycles. The normalized spacial score (nSPS) is 19.3. The molecule has 1 aromatic heterocycles. The second-order valence-electron chi connectivity index (χ2n) is 8.79. The molecule has 2 rings (SSSR count). The average molecular weight is 479 g/mol. The smallest absolute Gasteiger partial charge is 0.263 e. The van der Waals surface area contributed by atoms with Crippen LogP contribution in [-0.2, 0) is 10.4 Å². The Hall–Kier alpha value is -1.29. The Bertz CT molecular complexity index is 812. The number of amides is 1. The summed E-state index contributed by atoms with van der Waals surface area (Å²) in [7, 11) is 0. The van der Waals surface area contributed by atoms with Crippen LogP contribution in [0.2, 0.25) is 0 Å². The molecule has 0 spiro atoms. The number of carbonyl (C=O) groups excluding carboxylic acids is 1. The predicted octanol–water partition coefficient (Wildman–Crippen LogP) is 5.62. The predicted molar refractivity (Wildman–Crippen MR) is 122 cm³/mol. The van der Waals surface area contributed by atoms with E-state index in [1.165, 1.54) is 17.4 Å². The van der Waals surface area contributed by atoms with Gasteiger partial charge in [-0.1, -0.05) is 45.4 Å². The van der Waals surface area contributed by atoms with Crippen molar-refractivity contribution in [2.45, 2.75) is 64.2 Å². The number of allylic oxidation sites excluding steroid dienone is 4. The highest BCUT2D eigenvalue weighted by molar-refractivity contribution is 7.99. The van der Waals surface area contributed by atoms with Crippen molar-refractivity contribution in [1.29, 1.82) is 0 Å². The molecule has 0 saturated carbocycles. The number of carbonyl (C=O) groups is 1. The minimum atomic E-state index is -2.47. The number of thiophene rings is 1. The molecule has 2 atom stereocenters. The molecule has 0 bridgehead atoms. The molecule has 1 heterocycles. The summed E-state index contributed by atoms with van der Waals surface area (Å²) in [5.41, 5.74) is 5.31. The molecular formula is C22H33F3N2O2S2. The zero-order chi connectivity index (χ0) is 24.1. The Morgan fingerprint density at radius 1 is 1.29 bits per heavy atom. The monoisotopic (exact) mass is 478 g/mol. The Morgan fingerprint density at radius 2 is 1.87 bits per heavy atom. The number of halogens is 3. The summed E-state index contributed by atoms with van der Waals surface area (Å²) in [5, 5.41) is 14.7. The number of alkyl halides is 2. The summed E-state index contributed by atoms with van der Waals surface area (Å²) >= 11 is 2.04. The first kappa shape index (κ1) is 27.7. The zero-order valence-corrected chi connectivity index (χ0v) is 20.4. The van der Waals surface area contributed by atoms with Crippen molar-refractivity contribution in [3.8, 4) is 0 Å². The van der Waals surface area contributed by atoms with E-state index in [4.69, 9.17) is 10.9 Å². The summed E-state index contributed by atoms with van der Waals surface area (Å²) in [4.78, 5) is 11.8. The maximum atomic E-state index is 13.0. The van der Waals surface area contributed by atoms with Crippen molar-refractivity contribution in [1.82, 2.24) is 0 Å². The fourth-order valence-corrected chi connectivity index (χ4v) is 4.90. The van der Waals surface area contributed by atoms with E-state index in [2.05, 4.69) is 0 Å². The molecule has 176 valence electrons. The van der Waals surface area contributed by atoms with Crippen LogP contribution in [-0.4, -0.2) is 17.4 Å². The summed E-state index contributed by atoms with van der Waals surface area (Å²) in [5.74, 6) is -0.520. The van der Waals surface area contributed by atoms with E-state index in [-0.39, 0.29) is 47.4 Å². The van der Waals surface area contributed by atoms with Gasteiger partial charge in [0.1, 0.15) is 10.0 Å². The second kappa shape index (κ2) is 11.5. The fraction of sp³-hybridized carbons (Fsp3) is 0.591. The first-order valence-electron chi connectivity index (χ1n) is 10.1. The highest BCUT2D eigenvalue weighted by Gasteiger charge is 2.33. The maximum Gasteiger partial charge on any atom is 0.263 e. The summed E-state index contributed by atoms with van der Waals surface area (Å²) < 4.78 is 39.3. The van der Waals surface area contributed by atoms with E-state index in [1.54, 1.807) is 26.0 Å². The van der Waals surface area contributed by atoms with Crippen LogP contribution in [0.25, 0.3) is 0 Å². The first-order chi connectivity index (χ1) is 14.2. The maximum absolute atomic E-state index is 13.0.